The van der Waals surface area contributed by atoms with Crippen LogP contribution in [-0.2, 0) is 0 Å². The summed E-state index contributed by atoms with van der Waals surface area (Å²) < 4.78 is 6.78. The Kier molecular flexibility index (Phi) is 1.89. The molecule has 0 radical (unpaired) electrons. The Bertz CT molecular complexity index is 197. The summed E-state index contributed by atoms with van der Waals surface area (Å²) in [6, 6.07) is 0.535. The van der Waals surface area contributed by atoms with Crippen molar-refractivity contribution in [1.82, 2.24) is 10.2 Å². The molecule has 1 aromatic heterocycles. The molecule has 50 valence electrons. The summed E-state index contributed by atoms with van der Waals surface area (Å²) in [6.07, 6.45) is 0. The van der Waals surface area contributed by atoms with Gasteiger partial charge in [0.25, 0.3) is 0 Å². The van der Waals surface area contributed by atoms with Crippen molar-refractivity contribution in [2.45, 2.75) is 6.92 Å². The summed E-state index contributed by atoms with van der Waals surface area (Å²) in [4.78, 5) is 0. The zero-order valence-corrected chi connectivity index (χ0v) is 7.29. The third-order valence-electron chi connectivity index (χ3n) is 0.779. The van der Waals surface area contributed by atoms with Crippen molar-refractivity contribution < 1.29 is 4.42 Å². The van der Waals surface area contributed by atoms with Gasteiger partial charge in [0, 0.05) is 14.0 Å². The van der Waals surface area contributed by atoms with Crippen molar-refractivity contribution in [3.8, 4) is 0 Å². The van der Waals surface area contributed by atoms with E-state index in [1.807, 2.05) is 7.05 Å². The van der Waals surface area contributed by atoms with Gasteiger partial charge in [0.2, 0.25) is 5.89 Å². The van der Waals surface area contributed by atoms with Gasteiger partial charge < -0.3 is 4.42 Å². The first-order valence-electron chi connectivity index (χ1n) is 2.40. The minimum absolute atomic E-state index is 0.535. The Hall–Kier alpha value is -0.330. The van der Waals surface area contributed by atoms with Crippen molar-refractivity contribution in [3.63, 3.8) is 0 Å². The van der Waals surface area contributed by atoms with Crippen molar-refractivity contribution in [2.24, 2.45) is 0 Å². The van der Waals surface area contributed by atoms with Crippen LogP contribution in [0.2, 0.25) is 0 Å². The fraction of sp³-hybridized carbons (Fsp3) is 0.500. The van der Waals surface area contributed by atoms with Crippen LogP contribution < -0.4 is 3.11 Å². The molecule has 1 rings (SSSR count). The Labute approximate surface area is 66.7 Å². The molecule has 0 aliphatic rings. The number of hydrogen-bond donors (Lipinski definition) is 0. The van der Waals surface area contributed by atoms with E-state index < -0.39 is 0 Å². The first-order valence-corrected chi connectivity index (χ1v) is 3.36. The van der Waals surface area contributed by atoms with Crippen LogP contribution in [0.4, 0.5) is 6.01 Å². The molecule has 0 unspecified atom stereocenters. The van der Waals surface area contributed by atoms with E-state index in [0.29, 0.717) is 11.9 Å². The molecule has 0 aliphatic heterocycles. The van der Waals surface area contributed by atoms with E-state index in [9.17, 15) is 0 Å². The second-order valence-electron chi connectivity index (χ2n) is 1.58. The van der Waals surface area contributed by atoms with Crippen molar-refractivity contribution in [3.05, 3.63) is 5.89 Å². The van der Waals surface area contributed by atoms with Crippen molar-refractivity contribution in [2.75, 3.05) is 10.2 Å². The van der Waals surface area contributed by atoms with Crippen LogP contribution >= 0.6 is 22.9 Å². The molecule has 0 aliphatic carbocycles. The van der Waals surface area contributed by atoms with E-state index in [0.717, 1.165) is 0 Å². The van der Waals surface area contributed by atoms with Crippen LogP contribution in [0.15, 0.2) is 4.42 Å². The molecule has 1 aromatic rings. The fourth-order valence-electron chi connectivity index (χ4n) is 0.411. The van der Waals surface area contributed by atoms with Gasteiger partial charge >= 0.3 is 6.01 Å². The van der Waals surface area contributed by atoms with Crippen LogP contribution in [0.1, 0.15) is 5.89 Å². The highest BCUT2D eigenvalue weighted by Gasteiger charge is 2.02. The number of anilines is 1. The summed E-state index contributed by atoms with van der Waals surface area (Å²) in [5.41, 5.74) is 0. The van der Waals surface area contributed by atoms with Gasteiger partial charge in [-0.1, -0.05) is 5.10 Å². The molecule has 9 heavy (non-hydrogen) atoms. The van der Waals surface area contributed by atoms with Crippen molar-refractivity contribution in [1.29, 1.82) is 0 Å². The summed E-state index contributed by atoms with van der Waals surface area (Å²) in [5, 5.41) is 7.39. The van der Waals surface area contributed by atoms with Gasteiger partial charge in [-0.05, 0) is 0 Å². The van der Waals surface area contributed by atoms with E-state index in [4.69, 9.17) is 4.42 Å². The minimum atomic E-state index is 0.535. The standard InChI is InChI=1S/C4H6IN3O/c1-3-6-7-4(9-3)8(2)5/h1-2H3. The predicted octanol–water partition coefficient (Wildman–Crippen LogP) is 1.16. The second kappa shape index (κ2) is 2.51. The molecule has 0 saturated heterocycles. The van der Waals surface area contributed by atoms with Crippen molar-refractivity contribution >= 4 is 28.9 Å². The lowest BCUT2D eigenvalue weighted by atomic mass is 10.8. The lowest BCUT2D eigenvalue weighted by Gasteiger charge is -1.98. The Morgan fingerprint density at radius 3 is 2.44 bits per heavy atom. The minimum Gasteiger partial charge on any atom is -0.408 e. The quantitative estimate of drug-likeness (QED) is 0.544. The van der Waals surface area contributed by atoms with Gasteiger partial charge in [-0.3, -0.25) is 3.11 Å². The van der Waals surface area contributed by atoms with Gasteiger partial charge in [0.15, 0.2) is 0 Å². The highest BCUT2D eigenvalue weighted by Crippen LogP contribution is 2.12. The van der Waals surface area contributed by atoms with Gasteiger partial charge in [0.05, 0.1) is 22.9 Å². The van der Waals surface area contributed by atoms with Gasteiger partial charge in [-0.15, -0.1) is 5.10 Å². The third-order valence-corrected chi connectivity index (χ3v) is 1.19. The van der Waals surface area contributed by atoms with Gasteiger partial charge in [0.1, 0.15) is 0 Å². The van der Waals surface area contributed by atoms with Crippen LogP contribution in [-0.4, -0.2) is 17.2 Å². The Morgan fingerprint density at radius 2 is 2.22 bits per heavy atom. The number of halogens is 1. The molecular weight excluding hydrogens is 233 g/mol. The first kappa shape index (κ1) is 6.79. The second-order valence-corrected chi connectivity index (χ2v) is 3.03. The van der Waals surface area contributed by atoms with Gasteiger partial charge in [-0.2, -0.15) is 0 Å². The first-order chi connectivity index (χ1) is 4.20. The van der Waals surface area contributed by atoms with E-state index in [2.05, 4.69) is 33.1 Å². The van der Waals surface area contributed by atoms with Crippen LogP contribution in [0, 0.1) is 6.92 Å². The highest BCUT2D eigenvalue weighted by molar-refractivity contribution is 14.1. The van der Waals surface area contributed by atoms with E-state index >= 15 is 0 Å². The maximum atomic E-state index is 5.04. The zero-order valence-electron chi connectivity index (χ0n) is 5.13. The molecule has 0 spiro atoms. The largest absolute Gasteiger partial charge is 0.408 e. The van der Waals surface area contributed by atoms with E-state index in [-0.39, 0.29) is 0 Å². The Morgan fingerprint density at radius 1 is 1.56 bits per heavy atom. The third kappa shape index (κ3) is 1.54. The summed E-state index contributed by atoms with van der Waals surface area (Å²) in [7, 11) is 1.84. The fourth-order valence-corrected chi connectivity index (χ4v) is 0.606. The van der Waals surface area contributed by atoms with Crippen LogP contribution in [0.25, 0.3) is 0 Å². The lowest BCUT2D eigenvalue weighted by molar-refractivity contribution is 0.529. The molecule has 1 heterocycles. The summed E-state index contributed by atoms with van der Waals surface area (Å²) in [5.74, 6) is 0.591. The normalized spacial score (nSPS) is 9.67. The van der Waals surface area contributed by atoms with Crippen LogP contribution in [0.3, 0.4) is 0 Å². The molecule has 0 fully saturated rings. The smallest absolute Gasteiger partial charge is 0.326 e. The molecule has 0 N–H and O–H groups in total. The monoisotopic (exact) mass is 239 g/mol. The van der Waals surface area contributed by atoms with E-state index in [1.165, 1.54) is 0 Å². The predicted molar refractivity (Wildman–Crippen MR) is 41.5 cm³/mol. The zero-order chi connectivity index (χ0) is 6.85. The molecule has 0 aromatic carbocycles. The summed E-state index contributed by atoms with van der Waals surface area (Å²) >= 11 is 2.06. The highest BCUT2D eigenvalue weighted by atomic mass is 127. The van der Waals surface area contributed by atoms with Crippen LogP contribution in [0.5, 0.6) is 0 Å². The number of aryl methyl sites for hydroxylation is 1. The molecular formula is C4H6IN3O. The number of rotatable bonds is 1. The van der Waals surface area contributed by atoms with Gasteiger partial charge in [-0.25, -0.2) is 0 Å². The number of nitrogens with zero attached hydrogens (tertiary/aromatic N) is 3. The Balaban J connectivity index is 2.85. The topological polar surface area (TPSA) is 42.2 Å². The molecule has 0 bridgehead atoms. The maximum Gasteiger partial charge on any atom is 0.326 e. The lowest BCUT2D eigenvalue weighted by Crippen LogP contribution is -1.98. The van der Waals surface area contributed by atoms with E-state index in [1.54, 1.807) is 10.0 Å². The molecule has 0 amide bonds. The number of hydrogen-bond acceptors (Lipinski definition) is 4. The average molecular weight is 239 g/mol. The number of aromatic nitrogens is 2. The molecule has 0 saturated carbocycles. The molecule has 5 heteroatoms. The SMILES string of the molecule is Cc1nnc(N(C)I)o1. The average Bonchev–Trinajstić information content (AvgIpc) is 2.14. The molecule has 4 nitrogen and oxygen atoms in total. The molecule has 0 atom stereocenters. The summed E-state index contributed by atoms with van der Waals surface area (Å²) in [6.45, 7) is 1.76. The maximum absolute atomic E-state index is 5.04.